The first-order valence-electron chi connectivity index (χ1n) is 8.47. The molecule has 1 aromatic heterocycles. The van der Waals surface area contributed by atoms with E-state index in [1.165, 1.54) is 6.42 Å². The number of rotatable bonds is 3. The van der Waals surface area contributed by atoms with Crippen LogP contribution in [0.5, 0.6) is 0 Å². The second-order valence-corrected chi connectivity index (χ2v) is 7.94. The Morgan fingerprint density at radius 1 is 1.20 bits per heavy atom. The first-order valence-corrected chi connectivity index (χ1v) is 9.22. The van der Waals surface area contributed by atoms with Gasteiger partial charge >= 0.3 is 0 Å². The Hall–Kier alpha value is -1.83. The number of nitrogens with two attached hydrogens (primary N) is 1. The van der Waals surface area contributed by atoms with Crippen LogP contribution in [-0.4, -0.2) is 17.7 Å². The number of hydrogen-bond acceptors (Lipinski definition) is 3. The van der Waals surface area contributed by atoms with Gasteiger partial charge in [-0.15, -0.1) is 0 Å². The Morgan fingerprint density at radius 3 is 2.48 bits per heavy atom. The van der Waals surface area contributed by atoms with Crippen molar-refractivity contribution in [2.24, 2.45) is 11.8 Å². The van der Waals surface area contributed by atoms with Crippen LogP contribution in [0.25, 0.3) is 0 Å². The quantitative estimate of drug-likeness (QED) is 0.838. The Morgan fingerprint density at radius 2 is 1.88 bits per heavy atom. The number of anilines is 2. The lowest BCUT2D eigenvalue weighted by atomic mass is 9.92. The third kappa shape index (κ3) is 3.73. The van der Waals surface area contributed by atoms with Crippen molar-refractivity contribution in [3.05, 3.63) is 45.6 Å². The van der Waals surface area contributed by atoms with Crippen molar-refractivity contribution in [3.8, 4) is 6.07 Å². The van der Waals surface area contributed by atoms with Crippen molar-refractivity contribution in [1.29, 1.82) is 5.26 Å². The van der Waals surface area contributed by atoms with Crippen molar-refractivity contribution in [2.45, 2.75) is 26.8 Å². The molecule has 1 aliphatic heterocycles. The first kappa shape index (κ1) is 18.0. The van der Waals surface area contributed by atoms with E-state index in [-0.39, 0.29) is 0 Å². The smallest absolute Gasteiger partial charge is 0.133 e. The normalized spacial score (nSPS) is 20.5. The van der Waals surface area contributed by atoms with Gasteiger partial charge in [-0.25, -0.2) is 0 Å². The highest BCUT2D eigenvalue weighted by atomic mass is 35.5. The summed E-state index contributed by atoms with van der Waals surface area (Å²) in [5.74, 6) is 2.10. The summed E-state index contributed by atoms with van der Waals surface area (Å²) in [7, 11) is 0. The third-order valence-corrected chi connectivity index (χ3v) is 5.31. The maximum absolute atomic E-state index is 9.55. The average Bonchev–Trinajstić information content (AvgIpc) is 2.84. The van der Waals surface area contributed by atoms with E-state index in [1.807, 2.05) is 16.7 Å². The van der Waals surface area contributed by atoms with E-state index in [4.69, 9.17) is 28.9 Å². The van der Waals surface area contributed by atoms with E-state index < -0.39 is 0 Å². The molecule has 0 aliphatic carbocycles. The fraction of sp³-hybridized carbons (Fsp3) is 0.421. The van der Waals surface area contributed by atoms with E-state index in [2.05, 4.69) is 24.8 Å². The van der Waals surface area contributed by atoms with Gasteiger partial charge in [0.2, 0.25) is 0 Å². The third-order valence-electron chi connectivity index (χ3n) is 4.72. The van der Waals surface area contributed by atoms with Gasteiger partial charge in [0.05, 0.1) is 12.2 Å². The molecule has 1 aromatic carbocycles. The average molecular weight is 377 g/mol. The van der Waals surface area contributed by atoms with Crippen molar-refractivity contribution in [2.75, 3.05) is 23.7 Å². The molecule has 2 N–H and O–H groups in total. The highest BCUT2D eigenvalue weighted by Crippen LogP contribution is 2.34. The summed E-state index contributed by atoms with van der Waals surface area (Å²) in [6, 6.07) is 9.44. The predicted molar refractivity (Wildman–Crippen MR) is 104 cm³/mol. The molecule has 1 fully saturated rings. The van der Waals surface area contributed by atoms with Crippen LogP contribution in [0.3, 0.4) is 0 Å². The minimum atomic E-state index is 0.491. The minimum absolute atomic E-state index is 0.491. The molecule has 0 radical (unpaired) electrons. The number of halogens is 2. The Balaban J connectivity index is 2.02. The number of hydrogen-bond donors (Lipinski definition) is 1. The molecule has 3 rings (SSSR count). The molecule has 4 nitrogen and oxygen atoms in total. The van der Waals surface area contributed by atoms with Crippen LogP contribution in [0.2, 0.25) is 10.0 Å². The van der Waals surface area contributed by atoms with E-state index in [0.29, 0.717) is 39.8 Å². The van der Waals surface area contributed by atoms with Crippen LogP contribution in [0.1, 0.15) is 31.5 Å². The summed E-state index contributed by atoms with van der Waals surface area (Å²) < 4.78 is 1.97. The Labute approximate surface area is 158 Å². The molecule has 1 saturated heterocycles. The minimum Gasteiger partial charge on any atom is -0.396 e. The number of nitriles is 1. The summed E-state index contributed by atoms with van der Waals surface area (Å²) >= 11 is 12.3. The molecular formula is C19H22Cl2N4. The van der Waals surface area contributed by atoms with E-state index in [0.717, 1.165) is 24.5 Å². The lowest BCUT2D eigenvalue weighted by Crippen LogP contribution is -2.40. The number of nitrogens with zero attached hydrogens (tertiary/aromatic N) is 3. The Kier molecular flexibility index (Phi) is 5.17. The van der Waals surface area contributed by atoms with Gasteiger partial charge in [-0.1, -0.05) is 43.1 Å². The number of nitrogen functional groups attached to an aromatic ring is 1. The van der Waals surface area contributed by atoms with Crippen LogP contribution < -0.4 is 10.6 Å². The maximum atomic E-state index is 9.55. The van der Waals surface area contributed by atoms with Gasteiger partial charge in [-0.3, -0.25) is 0 Å². The summed E-state index contributed by atoms with van der Waals surface area (Å²) in [5.41, 5.74) is 8.39. The standard InChI is InChI=1S/C19H22Cl2N4/c1-12-5-13(2)10-24(9-12)19-18(23)7-16(8-22)25(19)11-14-3-4-15(20)6-17(14)21/h3-4,6-7,12-13H,5,9-11,23H2,1-2H3/t12-,13-/m0/s1. The van der Waals surface area contributed by atoms with Crippen molar-refractivity contribution >= 4 is 34.7 Å². The van der Waals surface area contributed by atoms with Gasteiger partial charge in [0, 0.05) is 23.1 Å². The van der Waals surface area contributed by atoms with Gasteiger partial charge in [-0.2, -0.15) is 5.26 Å². The molecular weight excluding hydrogens is 355 g/mol. The molecule has 6 heteroatoms. The van der Waals surface area contributed by atoms with Gasteiger partial charge < -0.3 is 15.2 Å². The predicted octanol–water partition coefficient (Wildman–Crippen LogP) is 4.78. The monoisotopic (exact) mass is 376 g/mol. The summed E-state index contributed by atoms with van der Waals surface area (Å²) in [4.78, 5) is 2.30. The second kappa shape index (κ2) is 7.19. The zero-order valence-corrected chi connectivity index (χ0v) is 16.0. The molecule has 0 spiro atoms. The van der Waals surface area contributed by atoms with Crippen LogP contribution in [0, 0.1) is 23.2 Å². The van der Waals surface area contributed by atoms with E-state index >= 15 is 0 Å². The largest absolute Gasteiger partial charge is 0.396 e. The highest BCUT2D eigenvalue weighted by Gasteiger charge is 2.27. The molecule has 2 heterocycles. The fourth-order valence-corrected chi connectivity index (χ4v) is 4.29. The Bertz CT molecular complexity index is 812. The van der Waals surface area contributed by atoms with E-state index in [1.54, 1.807) is 12.1 Å². The molecule has 0 saturated carbocycles. The zero-order chi connectivity index (χ0) is 18.1. The second-order valence-electron chi connectivity index (χ2n) is 7.09. The molecule has 1 aliphatic rings. The van der Waals surface area contributed by atoms with Gasteiger partial charge in [0.1, 0.15) is 17.6 Å². The molecule has 0 bridgehead atoms. The molecule has 25 heavy (non-hydrogen) atoms. The van der Waals surface area contributed by atoms with Crippen molar-refractivity contribution in [1.82, 2.24) is 4.57 Å². The maximum Gasteiger partial charge on any atom is 0.133 e. The molecule has 2 aromatic rings. The number of aromatic nitrogens is 1. The van der Waals surface area contributed by atoms with Crippen LogP contribution in [-0.2, 0) is 6.54 Å². The van der Waals surface area contributed by atoms with Gasteiger partial charge in [0.15, 0.2) is 0 Å². The zero-order valence-electron chi connectivity index (χ0n) is 14.5. The summed E-state index contributed by atoms with van der Waals surface area (Å²) in [5, 5.41) is 10.7. The van der Waals surface area contributed by atoms with Crippen LogP contribution in [0.15, 0.2) is 24.3 Å². The molecule has 0 amide bonds. The summed E-state index contributed by atoms with van der Waals surface area (Å²) in [6.07, 6.45) is 1.21. The lowest BCUT2D eigenvalue weighted by molar-refractivity contribution is 0.353. The van der Waals surface area contributed by atoms with Crippen LogP contribution in [0.4, 0.5) is 11.5 Å². The SMILES string of the molecule is C[C@H]1C[C@H](C)CN(c2c(N)cc(C#N)n2Cc2ccc(Cl)cc2Cl)C1. The lowest BCUT2D eigenvalue weighted by Gasteiger charge is -2.37. The first-order chi connectivity index (χ1) is 11.9. The molecule has 132 valence electrons. The highest BCUT2D eigenvalue weighted by molar-refractivity contribution is 6.35. The van der Waals surface area contributed by atoms with E-state index in [9.17, 15) is 5.26 Å². The van der Waals surface area contributed by atoms with Crippen molar-refractivity contribution in [3.63, 3.8) is 0 Å². The fourth-order valence-electron chi connectivity index (χ4n) is 3.82. The number of benzene rings is 1. The number of piperidine rings is 1. The summed E-state index contributed by atoms with van der Waals surface area (Å²) in [6.45, 7) is 6.89. The van der Waals surface area contributed by atoms with Crippen molar-refractivity contribution < 1.29 is 0 Å². The molecule has 2 atom stereocenters. The topological polar surface area (TPSA) is 58.0 Å². The van der Waals surface area contributed by atoms with Gasteiger partial charge in [-0.05, 0) is 42.0 Å². The van der Waals surface area contributed by atoms with Crippen LogP contribution >= 0.6 is 23.2 Å². The van der Waals surface area contributed by atoms with Gasteiger partial charge in [0.25, 0.3) is 0 Å². The molecule has 0 unspecified atom stereocenters.